The van der Waals surface area contributed by atoms with Gasteiger partial charge in [0.2, 0.25) is 6.79 Å². The third-order valence-corrected chi connectivity index (χ3v) is 3.89. The van der Waals surface area contributed by atoms with Crippen molar-refractivity contribution in [3.8, 4) is 11.5 Å². The third kappa shape index (κ3) is 3.91. The Balaban J connectivity index is 1.59. The predicted octanol–water partition coefficient (Wildman–Crippen LogP) is 3.16. The first-order valence-electron chi connectivity index (χ1n) is 8.07. The summed E-state index contributed by atoms with van der Waals surface area (Å²) in [6, 6.07) is 12.2. The topological polar surface area (TPSA) is 73.9 Å². The summed E-state index contributed by atoms with van der Waals surface area (Å²) >= 11 is 0. The van der Waals surface area contributed by atoms with Crippen molar-refractivity contribution < 1.29 is 23.8 Å². The Morgan fingerprint density at radius 2 is 1.84 bits per heavy atom. The zero-order chi connectivity index (χ0) is 17.8. The van der Waals surface area contributed by atoms with Crippen molar-refractivity contribution in [3.63, 3.8) is 0 Å². The Morgan fingerprint density at radius 3 is 2.56 bits per heavy atom. The highest BCUT2D eigenvalue weighted by Gasteiger charge is 2.20. The van der Waals surface area contributed by atoms with Gasteiger partial charge in [-0.1, -0.05) is 19.1 Å². The first-order chi connectivity index (χ1) is 12.1. The van der Waals surface area contributed by atoms with Crippen molar-refractivity contribution >= 4 is 17.6 Å². The van der Waals surface area contributed by atoms with Gasteiger partial charge in [0.25, 0.3) is 5.91 Å². The molecule has 1 aliphatic rings. The molecule has 0 radical (unpaired) electrons. The maximum Gasteiger partial charge on any atom is 0.338 e. The molecule has 1 N–H and O–H groups in total. The lowest BCUT2D eigenvalue weighted by Gasteiger charge is -2.14. The summed E-state index contributed by atoms with van der Waals surface area (Å²) in [5.41, 5.74) is 2.09. The molecule has 0 fully saturated rings. The lowest BCUT2D eigenvalue weighted by atomic mass is 10.1. The van der Waals surface area contributed by atoms with Crippen LogP contribution in [0.15, 0.2) is 42.5 Å². The molecule has 3 rings (SSSR count). The van der Waals surface area contributed by atoms with Crippen LogP contribution in [0.2, 0.25) is 0 Å². The number of carbonyl (C=O) groups is 2. The Kier molecular flexibility index (Phi) is 4.88. The highest BCUT2D eigenvalue weighted by molar-refractivity contribution is 5.97. The van der Waals surface area contributed by atoms with Crippen molar-refractivity contribution in [3.05, 3.63) is 53.6 Å². The smallest absolute Gasteiger partial charge is 0.338 e. The van der Waals surface area contributed by atoms with Crippen LogP contribution in [-0.4, -0.2) is 24.8 Å². The molecule has 130 valence electrons. The Morgan fingerprint density at radius 1 is 1.12 bits per heavy atom. The van der Waals surface area contributed by atoms with E-state index in [1.165, 1.54) is 6.92 Å². The summed E-state index contributed by atoms with van der Waals surface area (Å²) in [5.74, 6) is 0.250. The molecule has 0 saturated heterocycles. The number of aryl methyl sites for hydroxylation is 1. The first kappa shape index (κ1) is 16.8. The van der Waals surface area contributed by atoms with Gasteiger partial charge in [0.1, 0.15) is 0 Å². The standard InChI is InChI=1S/C19H19NO5/c1-3-13-4-6-14(7-5-13)19(22)25-12(2)18(21)20-15-8-9-16-17(10-15)24-11-23-16/h4-10,12H,3,11H2,1-2H3,(H,20,21)/t12-/m1/s1. The van der Waals surface area contributed by atoms with Crippen LogP contribution >= 0.6 is 0 Å². The van der Waals surface area contributed by atoms with E-state index in [-0.39, 0.29) is 6.79 Å². The first-order valence-corrected chi connectivity index (χ1v) is 8.07. The molecule has 1 heterocycles. The molecule has 1 aliphatic heterocycles. The van der Waals surface area contributed by atoms with E-state index < -0.39 is 18.0 Å². The van der Waals surface area contributed by atoms with Crippen LogP contribution < -0.4 is 14.8 Å². The molecule has 0 bridgehead atoms. The van der Waals surface area contributed by atoms with Crippen molar-refractivity contribution in [2.24, 2.45) is 0 Å². The maximum atomic E-state index is 12.2. The predicted molar refractivity (Wildman–Crippen MR) is 91.9 cm³/mol. The molecule has 0 saturated carbocycles. The van der Waals surface area contributed by atoms with Gasteiger partial charge < -0.3 is 19.5 Å². The lowest BCUT2D eigenvalue weighted by molar-refractivity contribution is -0.123. The Labute approximate surface area is 145 Å². The largest absolute Gasteiger partial charge is 0.454 e. The molecule has 0 spiro atoms. The van der Waals surface area contributed by atoms with Gasteiger partial charge >= 0.3 is 5.97 Å². The minimum atomic E-state index is -0.927. The fraction of sp³-hybridized carbons (Fsp3) is 0.263. The number of ether oxygens (including phenoxy) is 3. The molecule has 25 heavy (non-hydrogen) atoms. The van der Waals surface area contributed by atoms with Crippen molar-refractivity contribution in [2.45, 2.75) is 26.4 Å². The second-order valence-electron chi connectivity index (χ2n) is 5.66. The van der Waals surface area contributed by atoms with Gasteiger partial charge in [-0.3, -0.25) is 4.79 Å². The van der Waals surface area contributed by atoms with Crippen LogP contribution in [0.4, 0.5) is 5.69 Å². The van der Waals surface area contributed by atoms with Gasteiger partial charge in [0.05, 0.1) is 5.56 Å². The zero-order valence-electron chi connectivity index (χ0n) is 14.1. The molecular formula is C19H19NO5. The van der Waals surface area contributed by atoms with E-state index >= 15 is 0 Å². The number of rotatable bonds is 5. The Bertz CT molecular complexity index is 785. The van der Waals surface area contributed by atoms with Crippen LogP contribution in [0.1, 0.15) is 29.8 Å². The van der Waals surface area contributed by atoms with Gasteiger partial charge in [-0.05, 0) is 43.2 Å². The van der Waals surface area contributed by atoms with Gasteiger partial charge in [0, 0.05) is 11.8 Å². The highest BCUT2D eigenvalue weighted by atomic mass is 16.7. The average molecular weight is 341 g/mol. The molecule has 6 heteroatoms. The molecule has 1 atom stereocenters. The zero-order valence-corrected chi connectivity index (χ0v) is 14.1. The minimum absolute atomic E-state index is 0.164. The van der Waals surface area contributed by atoms with E-state index in [4.69, 9.17) is 14.2 Å². The van der Waals surface area contributed by atoms with Gasteiger partial charge in [-0.15, -0.1) is 0 Å². The number of nitrogens with one attached hydrogen (secondary N) is 1. The monoisotopic (exact) mass is 341 g/mol. The number of amides is 1. The van der Waals surface area contributed by atoms with Crippen LogP contribution in [-0.2, 0) is 16.0 Å². The second kappa shape index (κ2) is 7.25. The number of carbonyl (C=O) groups excluding carboxylic acids is 2. The van der Waals surface area contributed by atoms with Crippen LogP contribution in [0.3, 0.4) is 0 Å². The highest BCUT2D eigenvalue weighted by Crippen LogP contribution is 2.34. The Hall–Kier alpha value is -3.02. The normalized spacial score (nSPS) is 13.2. The van der Waals surface area contributed by atoms with Gasteiger partial charge in [-0.2, -0.15) is 0 Å². The van der Waals surface area contributed by atoms with Gasteiger partial charge in [-0.25, -0.2) is 4.79 Å². The number of anilines is 1. The molecular weight excluding hydrogens is 322 g/mol. The van der Waals surface area contributed by atoms with Crippen LogP contribution in [0, 0.1) is 0 Å². The number of fused-ring (bicyclic) bond motifs is 1. The number of hydrogen-bond acceptors (Lipinski definition) is 5. The molecule has 0 unspecified atom stereocenters. The van der Waals surface area contributed by atoms with E-state index in [2.05, 4.69) is 5.32 Å². The summed E-state index contributed by atoms with van der Waals surface area (Å²) in [7, 11) is 0. The summed E-state index contributed by atoms with van der Waals surface area (Å²) < 4.78 is 15.7. The van der Waals surface area contributed by atoms with E-state index in [9.17, 15) is 9.59 Å². The summed E-state index contributed by atoms with van der Waals surface area (Å²) in [4.78, 5) is 24.3. The summed E-state index contributed by atoms with van der Waals surface area (Å²) in [6.45, 7) is 3.73. The van der Waals surface area contributed by atoms with E-state index in [0.29, 0.717) is 22.7 Å². The summed E-state index contributed by atoms with van der Waals surface area (Å²) in [5, 5.41) is 2.69. The molecule has 0 aliphatic carbocycles. The van der Waals surface area contributed by atoms with E-state index in [0.717, 1.165) is 12.0 Å². The average Bonchev–Trinajstić information content (AvgIpc) is 3.09. The van der Waals surface area contributed by atoms with E-state index in [1.807, 2.05) is 19.1 Å². The second-order valence-corrected chi connectivity index (χ2v) is 5.66. The van der Waals surface area contributed by atoms with Crippen molar-refractivity contribution in [2.75, 3.05) is 12.1 Å². The van der Waals surface area contributed by atoms with Crippen LogP contribution in [0.5, 0.6) is 11.5 Å². The number of esters is 1. The minimum Gasteiger partial charge on any atom is -0.454 e. The number of hydrogen-bond donors (Lipinski definition) is 1. The molecule has 2 aromatic rings. The molecule has 0 aromatic heterocycles. The quantitative estimate of drug-likeness (QED) is 0.846. The van der Waals surface area contributed by atoms with Crippen molar-refractivity contribution in [1.29, 1.82) is 0 Å². The fourth-order valence-electron chi connectivity index (χ4n) is 2.38. The summed E-state index contributed by atoms with van der Waals surface area (Å²) in [6.07, 6.45) is -0.0345. The molecule has 2 aromatic carbocycles. The van der Waals surface area contributed by atoms with Crippen LogP contribution in [0.25, 0.3) is 0 Å². The maximum absolute atomic E-state index is 12.2. The SMILES string of the molecule is CCc1ccc(C(=O)O[C@H](C)C(=O)Nc2ccc3c(c2)OCO3)cc1. The number of benzene rings is 2. The van der Waals surface area contributed by atoms with Crippen molar-refractivity contribution in [1.82, 2.24) is 0 Å². The molecule has 6 nitrogen and oxygen atoms in total. The fourth-order valence-corrected chi connectivity index (χ4v) is 2.38. The lowest BCUT2D eigenvalue weighted by Crippen LogP contribution is -2.30. The molecule has 1 amide bonds. The van der Waals surface area contributed by atoms with E-state index in [1.54, 1.807) is 30.3 Å². The van der Waals surface area contributed by atoms with Gasteiger partial charge in [0.15, 0.2) is 17.6 Å². The third-order valence-electron chi connectivity index (χ3n) is 3.89.